The summed E-state index contributed by atoms with van der Waals surface area (Å²) in [4.78, 5) is 12.4. The fraction of sp³-hybridized carbons (Fsp3) is 0.562. The van der Waals surface area contributed by atoms with Crippen LogP contribution in [0.4, 0.5) is 0 Å². The highest BCUT2D eigenvalue weighted by Gasteiger charge is 2.34. The van der Waals surface area contributed by atoms with Crippen molar-refractivity contribution in [1.82, 2.24) is 10.6 Å². The van der Waals surface area contributed by atoms with Crippen molar-refractivity contribution in [3.63, 3.8) is 0 Å². The Labute approximate surface area is 120 Å². The predicted molar refractivity (Wildman–Crippen MR) is 79.2 cm³/mol. The monoisotopic (exact) mass is 276 g/mol. The first-order valence-corrected chi connectivity index (χ1v) is 7.20. The van der Waals surface area contributed by atoms with E-state index in [-0.39, 0.29) is 11.3 Å². The molecule has 1 saturated heterocycles. The molecule has 4 heteroatoms. The van der Waals surface area contributed by atoms with Crippen molar-refractivity contribution in [2.24, 2.45) is 5.41 Å². The minimum Gasteiger partial charge on any atom is -0.380 e. The van der Waals surface area contributed by atoms with E-state index in [0.29, 0.717) is 13.2 Å². The number of piperidine rings is 1. The molecule has 20 heavy (non-hydrogen) atoms. The Balaban J connectivity index is 1.96. The number of carbonyl (C=O) groups is 1. The van der Waals surface area contributed by atoms with Gasteiger partial charge in [-0.1, -0.05) is 31.2 Å². The van der Waals surface area contributed by atoms with E-state index < -0.39 is 0 Å². The van der Waals surface area contributed by atoms with Gasteiger partial charge in [-0.3, -0.25) is 4.79 Å². The number of methoxy groups -OCH3 is 1. The zero-order valence-electron chi connectivity index (χ0n) is 12.4. The van der Waals surface area contributed by atoms with Crippen LogP contribution in [0.2, 0.25) is 0 Å². The second-order valence-electron chi connectivity index (χ2n) is 5.70. The van der Waals surface area contributed by atoms with Crippen LogP contribution in [-0.2, 0) is 22.7 Å². The Morgan fingerprint density at radius 2 is 1.95 bits per heavy atom. The van der Waals surface area contributed by atoms with Gasteiger partial charge < -0.3 is 15.4 Å². The zero-order valence-corrected chi connectivity index (χ0v) is 12.4. The third-order valence-electron chi connectivity index (χ3n) is 4.11. The van der Waals surface area contributed by atoms with Gasteiger partial charge in [0.2, 0.25) is 5.91 Å². The van der Waals surface area contributed by atoms with Gasteiger partial charge in [0.25, 0.3) is 0 Å². The van der Waals surface area contributed by atoms with Crippen LogP contribution in [0.15, 0.2) is 24.3 Å². The molecule has 1 aliphatic rings. The molecular weight excluding hydrogens is 252 g/mol. The summed E-state index contributed by atoms with van der Waals surface area (Å²) in [6.45, 7) is 5.05. The topological polar surface area (TPSA) is 50.4 Å². The highest BCUT2D eigenvalue weighted by molar-refractivity contribution is 5.82. The lowest BCUT2D eigenvalue weighted by Gasteiger charge is -2.32. The van der Waals surface area contributed by atoms with Crippen molar-refractivity contribution in [1.29, 1.82) is 0 Å². The van der Waals surface area contributed by atoms with Gasteiger partial charge in [0.05, 0.1) is 6.61 Å². The predicted octanol–water partition coefficient (Wildman–Crippen LogP) is 1.84. The SMILES string of the molecule is COCc1ccccc1CNC(=O)C1(C)CCNCC1. The number of ether oxygens (including phenoxy) is 1. The first-order chi connectivity index (χ1) is 9.65. The molecule has 1 fully saturated rings. The lowest BCUT2D eigenvalue weighted by atomic mass is 9.80. The lowest BCUT2D eigenvalue weighted by Crippen LogP contribution is -2.45. The lowest BCUT2D eigenvalue weighted by molar-refractivity contribution is -0.131. The van der Waals surface area contributed by atoms with Crippen molar-refractivity contribution in [3.05, 3.63) is 35.4 Å². The first-order valence-electron chi connectivity index (χ1n) is 7.20. The number of amides is 1. The smallest absolute Gasteiger partial charge is 0.226 e. The summed E-state index contributed by atoms with van der Waals surface area (Å²) in [5.41, 5.74) is 2.02. The summed E-state index contributed by atoms with van der Waals surface area (Å²) >= 11 is 0. The molecule has 1 aliphatic heterocycles. The summed E-state index contributed by atoms with van der Waals surface area (Å²) in [5.74, 6) is 0.159. The Hall–Kier alpha value is -1.39. The van der Waals surface area contributed by atoms with E-state index in [4.69, 9.17) is 4.74 Å². The number of nitrogens with one attached hydrogen (secondary N) is 2. The van der Waals surface area contributed by atoms with Crippen LogP contribution >= 0.6 is 0 Å². The van der Waals surface area contributed by atoms with Gasteiger partial charge in [-0.2, -0.15) is 0 Å². The molecule has 1 heterocycles. The number of hydrogen-bond acceptors (Lipinski definition) is 3. The van der Waals surface area contributed by atoms with E-state index in [2.05, 4.69) is 17.6 Å². The minimum absolute atomic E-state index is 0.159. The number of carbonyl (C=O) groups excluding carboxylic acids is 1. The number of hydrogen-bond donors (Lipinski definition) is 2. The summed E-state index contributed by atoms with van der Waals surface area (Å²) in [5, 5.41) is 6.38. The Kier molecular flexibility index (Phi) is 5.15. The van der Waals surface area contributed by atoms with Crippen molar-refractivity contribution in [2.45, 2.75) is 32.9 Å². The standard InChI is InChI=1S/C16H24N2O2/c1-16(7-9-17-10-8-16)15(19)18-11-13-5-3-4-6-14(13)12-20-2/h3-6,17H,7-12H2,1-2H3,(H,18,19). The molecule has 2 N–H and O–H groups in total. The van der Waals surface area contributed by atoms with Crippen LogP contribution in [0.3, 0.4) is 0 Å². The second-order valence-corrected chi connectivity index (χ2v) is 5.70. The maximum atomic E-state index is 12.4. The summed E-state index contributed by atoms with van der Waals surface area (Å²) in [6.07, 6.45) is 1.80. The first kappa shape index (κ1) is 15.0. The average molecular weight is 276 g/mol. The van der Waals surface area contributed by atoms with Crippen LogP contribution in [0.25, 0.3) is 0 Å². The maximum absolute atomic E-state index is 12.4. The molecule has 0 saturated carbocycles. The normalized spacial score (nSPS) is 17.7. The quantitative estimate of drug-likeness (QED) is 0.863. The molecule has 2 rings (SSSR count). The molecule has 1 aromatic rings. The Morgan fingerprint density at radius 3 is 2.60 bits per heavy atom. The molecule has 0 aliphatic carbocycles. The third-order valence-corrected chi connectivity index (χ3v) is 4.11. The highest BCUT2D eigenvalue weighted by Crippen LogP contribution is 2.28. The fourth-order valence-electron chi connectivity index (χ4n) is 2.62. The van der Waals surface area contributed by atoms with Gasteiger partial charge in [-0.15, -0.1) is 0 Å². The van der Waals surface area contributed by atoms with Crippen LogP contribution in [0, 0.1) is 5.41 Å². The molecule has 0 atom stereocenters. The van der Waals surface area contributed by atoms with E-state index in [0.717, 1.165) is 37.1 Å². The Morgan fingerprint density at radius 1 is 1.30 bits per heavy atom. The second kappa shape index (κ2) is 6.86. The molecule has 110 valence electrons. The number of rotatable bonds is 5. The van der Waals surface area contributed by atoms with Crippen molar-refractivity contribution < 1.29 is 9.53 Å². The summed E-state index contributed by atoms with van der Waals surface area (Å²) in [6, 6.07) is 8.07. The number of benzene rings is 1. The molecule has 0 aromatic heterocycles. The maximum Gasteiger partial charge on any atom is 0.226 e. The summed E-state index contributed by atoms with van der Waals surface area (Å²) in [7, 11) is 1.69. The van der Waals surface area contributed by atoms with E-state index >= 15 is 0 Å². The largest absolute Gasteiger partial charge is 0.380 e. The average Bonchev–Trinajstić information content (AvgIpc) is 2.47. The van der Waals surface area contributed by atoms with Gasteiger partial charge in [0, 0.05) is 19.1 Å². The molecule has 0 unspecified atom stereocenters. The highest BCUT2D eigenvalue weighted by atomic mass is 16.5. The molecular formula is C16H24N2O2. The van der Waals surface area contributed by atoms with Gasteiger partial charge in [-0.25, -0.2) is 0 Å². The van der Waals surface area contributed by atoms with E-state index in [1.165, 1.54) is 0 Å². The third kappa shape index (κ3) is 3.58. The zero-order chi connectivity index (χ0) is 14.4. The van der Waals surface area contributed by atoms with E-state index in [1.807, 2.05) is 24.3 Å². The van der Waals surface area contributed by atoms with Crippen LogP contribution in [0.1, 0.15) is 30.9 Å². The van der Waals surface area contributed by atoms with Gasteiger partial charge in [0.1, 0.15) is 0 Å². The molecule has 0 spiro atoms. The molecule has 0 radical (unpaired) electrons. The summed E-state index contributed by atoms with van der Waals surface area (Å²) < 4.78 is 5.19. The van der Waals surface area contributed by atoms with Gasteiger partial charge in [0.15, 0.2) is 0 Å². The molecule has 1 amide bonds. The van der Waals surface area contributed by atoms with Crippen LogP contribution in [0.5, 0.6) is 0 Å². The molecule has 1 aromatic carbocycles. The van der Waals surface area contributed by atoms with Crippen molar-refractivity contribution in [2.75, 3.05) is 20.2 Å². The Bertz CT molecular complexity index is 454. The van der Waals surface area contributed by atoms with E-state index in [1.54, 1.807) is 7.11 Å². The molecule has 4 nitrogen and oxygen atoms in total. The van der Waals surface area contributed by atoms with Gasteiger partial charge in [-0.05, 0) is 37.1 Å². The van der Waals surface area contributed by atoms with E-state index in [9.17, 15) is 4.79 Å². The fourth-order valence-corrected chi connectivity index (χ4v) is 2.62. The minimum atomic E-state index is -0.235. The van der Waals surface area contributed by atoms with Crippen LogP contribution < -0.4 is 10.6 Å². The van der Waals surface area contributed by atoms with Crippen LogP contribution in [-0.4, -0.2) is 26.1 Å². The molecule has 0 bridgehead atoms. The van der Waals surface area contributed by atoms with Gasteiger partial charge >= 0.3 is 0 Å². The van der Waals surface area contributed by atoms with Crippen molar-refractivity contribution in [3.8, 4) is 0 Å². The van der Waals surface area contributed by atoms with Crippen molar-refractivity contribution >= 4 is 5.91 Å².